The van der Waals surface area contributed by atoms with E-state index in [1.807, 2.05) is 42.5 Å². The van der Waals surface area contributed by atoms with Crippen molar-refractivity contribution in [1.29, 1.82) is 0 Å². The Kier molecular flexibility index (Phi) is 14.1. The third-order valence-corrected chi connectivity index (χ3v) is 14.8. The van der Waals surface area contributed by atoms with Crippen molar-refractivity contribution in [3.63, 3.8) is 0 Å². The van der Waals surface area contributed by atoms with Gasteiger partial charge in [0.1, 0.15) is 23.5 Å². The molecule has 6 unspecified atom stereocenters. The van der Waals surface area contributed by atoms with Gasteiger partial charge in [0.15, 0.2) is 0 Å². The summed E-state index contributed by atoms with van der Waals surface area (Å²) in [6.07, 6.45) is 10.2. The molecule has 1 aromatic heterocycles. The topological polar surface area (TPSA) is 140 Å². The summed E-state index contributed by atoms with van der Waals surface area (Å²) in [7, 11) is -1.13. The summed E-state index contributed by atoms with van der Waals surface area (Å²) in [5.41, 5.74) is 2.86. The Morgan fingerprint density at radius 2 is 1.80 bits per heavy atom. The lowest BCUT2D eigenvalue weighted by atomic mass is 9.55. The van der Waals surface area contributed by atoms with Crippen LogP contribution in [0.4, 0.5) is 0 Å². The van der Waals surface area contributed by atoms with Crippen LogP contribution in [0.25, 0.3) is 10.9 Å². The van der Waals surface area contributed by atoms with E-state index in [4.69, 9.17) is 19.0 Å². The molecule has 0 amide bonds. The molecule has 1 aliphatic heterocycles. The second-order valence-electron chi connectivity index (χ2n) is 15.3. The Labute approximate surface area is 352 Å². The molecule has 0 spiro atoms. The van der Waals surface area contributed by atoms with Gasteiger partial charge in [0.25, 0.3) is 0 Å². The van der Waals surface area contributed by atoms with Crippen molar-refractivity contribution >= 4 is 38.4 Å². The number of nitrogens with zero attached hydrogens (tertiary/aromatic N) is 3. The highest BCUT2D eigenvalue weighted by atomic mass is 32.2. The van der Waals surface area contributed by atoms with E-state index < -0.39 is 27.8 Å². The molecule has 11 nitrogen and oxygen atoms in total. The van der Waals surface area contributed by atoms with Gasteiger partial charge in [-0.05, 0) is 85.6 Å². The van der Waals surface area contributed by atoms with Crippen LogP contribution in [0.5, 0.6) is 11.5 Å². The van der Waals surface area contributed by atoms with Crippen molar-refractivity contribution in [2.45, 2.75) is 72.5 Å². The second kappa shape index (κ2) is 19.4. The lowest BCUT2D eigenvalue weighted by molar-refractivity contribution is -0.250. The van der Waals surface area contributed by atoms with Gasteiger partial charge in [-0.1, -0.05) is 66.5 Å². The summed E-state index contributed by atoms with van der Waals surface area (Å²) in [4.78, 5) is 11.3. The van der Waals surface area contributed by atoms with Crippen LogP contribution < -0.4 is 9.47 Å². The molecule has 0 bridgehead atoms. The zero-order chi connectivity index (χ0) is 41.4. The van der Waals surface area contributed by atoms with Gasteiger partial charge in [0.2, 0.25) is 15.8 Å². The first-order chi connectivity index (χ1) is 28.8. The lowest BCUT2D eigenvalue weighted by Gasteiger charge is -2.59. The number of unbranched alkanes of at least 4 members (excludes halogenated alkanes) is 2. The monoisotopic (exact) mass is 841 g/mol. The number of aromatic nitrogens is 1. The molecule has 2 aliphatic carbocycles. The second-order valence-corrected chi connectivity index (χ2v) is 18.5. The highest BCUT2D eigenvalue weighted by molar-refractivity contribution is 7.99. The number of ether oxygens (including phenoxy) is 3. The van der Waals surface area contributed by atoms with E-state index in [1.54, 1.807) is 49.3 Å². The molecule has 2 heterocycles. The molecule has 7 rings (SSSR count). The van der Waals surface area contributed by atoms with E-state index in [0.717, 1.165) is 42.6 Å². The summed E-state index contributed by atoms with van der Waals surface area (Å²) >= 11 is 1.73. The van der Waals surface area contributed by atoms with Crippen molar-refractivity contribution in [2.24, 2.45) is 22.9 Å². The molecular formula is C46H55N3O8S2. The van der Waals surface area contributed by atoms with Crippen LogP contribution >= 0.6 is 11.8 Å². The fourth-order valence-corrected chi connectivity index (χ4v) is 11.6. The molecule has 6 atom stereocenters. The van der Waals surface area contributed by atoms with E-state index in [9.17, 15) is 18.6 Å². The van der Waals surface area contributed by atoms with Gasteiger partial charge in [-0.15, -0.1) is 18.3 Å². The number of aliphatic hydroxyl groups is 2. The number of hydrogen-bond acceptors (Lipinski definition) is 11. The van der Waals surface area contributed by atoms with Gasteiger partial charge >= 0.3 is 0 Å². The molecule has 13 heteroatoms. The molecule has 59 heavy (non-hydrogen) atoms. The number of pyridine rings is 1. The normalized spacial score (nSPS) is 24.3. The Morgan fingerprint density at radius 1 is 1.02 bits per heavy atom. The van der Waals surface area contributed by atoms with E-state index in [0.29, 0.717) is 47.6 Å². The summed E-state index contributed by atoms with van der Waals surface area (Å²) in [6.45, 7) is 4.76. The Balaban J connectivity index is 1.37. The van der Waals surface area contributed by atoms with Gasteiger partial charge < -0.3 is 29.3 Å². The average molecular weight is 842 g/mol. The molecule has 0 radical (unpaired) electrons. The zero-order valence-corrected chi connectivity index (χ0v) is 35.5. The first-order valence-electron chi connectivity index (χ1n) is 20.5. The minimum Gasteiger partial charge on any atom is -0.493 e. The van der Waals surface area contributed by atoms with Crippen LogP contribution in [-0.4, -0.2) is 91.8 Å². The highest BCUT2D eigenvalue weighted by Crippen LogP contribution is 2.62. The molecule has 3 aliphatic rings. The van der Waals surface area contributed by atoms with E-state index in [-0.39, 0.29) is 48.9 Å². The number of rotatable bonds is 20. The number of benzene rings is 3. The highest BCUT2D eigenvalue weighted by Gasteiger charge is 2.65. The number of fused-ring (bicyclic) bond motifs is 3. The van der Waals surface area contributed by atoms with E-state index in [1.165, 1.54) is 16.3 Å². The minimum atomic E-state index is -4.22. The summed E-state index contributed by atoms with van der Waals surface area (Å²) in [6, 6.07) is 24.0. The van der Waals surface area contributed by atoms with Crippen LogP contribution in [0.15, 0.2) is 124 Å². The number of hydrogen-bond donors (Lipinski definition) is 2. The number of allylic oxidation sites excluding steroid dienone is 1. The van der Waals surface area contributed by atoms with Crippen molar-refractivity contribution in [3.05, 3.63) is 115 Å². The van der Waals surface area contributed by atoms with Crippen molar-refractivity contribution in [3.8, 4) is 11.5 Å². The third kappa shape index (κ3) is 8.82. The summed E-state index contributed by atoms with van der Waals surface area (Å²) in [5.74, 6) is -0.0943. The smallest absolute Gasteiger partial charge is 0.245 e. The molecule has 2 N–H and O–H groups in total. The maximum Gasteiger partial charge on any atom is 0.245 e. The number of sulfonamides is 1. The maximum atomic E-state index is 15.0. The van der Waals surface area contributed by atoms with Crippen molar-refractivity contribution in [2.75, 3.05) is 46.3 Å². The molecule has 1 fully saturated rings. The zero-order valence-electron chi connectivity index (χ0n) is 33.8. The van der Waals surface area contributed by atoms with E-state index in [2.05, 4.69) is 41.0 Å². The van der Waals surface area contributed by atoms with E-state index >= 15 is 0 Å². The number of aliphatic hydroxyl groups excluding tert-OH is 2. The van der Waals surface area contributed by atoms with Gasteiger partial charge in [-0.3, -0.25) is 4.98 Å². The number of para-hydroxylation sites is 1. The average Bonchev–Trinajstić information content (AvgIpc) is 3.26. The van der Waals surface area contributed by atoms with Crippen LogP contribution in [0.1, 0.15) is 56.4 Å². The lowest BCUT2D eigenvalue weighted by Crippen LogP contribution is -2.69. The van der Waals surface area contributed by atoms with Crippen LogP contribution in [0.3, 0.4) is 0 Å². The number of likely N-dealkylation sites (N-methyl/N-ethyl adjacent to an activating group) is 1. The quantitative estimate of drug-likeness (QED) is 0.0390. The molecule has 0 saturated heterocycles. The minimum absolute atomic E-state index is 0.0407. The van der Waals surface area contributed by atoms with Crippen molar-refractivity contribution in [1.82, 2.24) is 9.29 Å². The molecule has 3 aromatic carbocycles. The van der Waals surface area contributed by atoms with Crippen LogP contribution in [0, 0.1) is 17.8 Å². The Bertz CT molecular complexity index is 2230. The summed E-state index contributed by atoms with van der Waals surface area (Å²) < 4.78 is 52.0. The largest absolute Gasteiger partial charge is 0.493 e. The van der Waals surface area contributed by atoms with Crippen LogP contribution in [0.2, 0.25) is 0 Å². The SMILES string of the molecule is C=CCOC12Oc3ccc(OCCSc4ccccc4)cc3C3C(CCCCO)C(CCCCO)C=C(C(=NOC)CC1N(C)S(=O)(=O)c1cccc4cccnc14)C32. The summed E-state index contributed by atoms with van der Waals surface area (Å²) in [5, 5.41) is 25.0. The van der Waals surface area contributed by atoms with Gasteiger partial charge in [0, 0.05) is 60.4 Å². The predicted molar refractivity (Wildman–Crippen MR) is 231 cm³/mol. The first-order valence-corrected chi connectivity index (χ1v) is 22.9. The molecule has 314 valence electrons. The van der Waals surface area contributed by atoms with Crippen LogP contribution in [-0.2, 0) is 19.6 Å². The Morgan fingerprint density at radius 3 is 2.56 bits per heavy atom. The van der Waals surface area contributed by atoms with Gasteiger partial charge in [-0.25, -0.2) is 8.42 Å². The number of thioether (sulfide) groups is 1. The molecule has 4 aromatic rings. The standard InChI is InChI=1S/C46H55N3O8S2/c1-4-26-56-46-42(49(2)59(52,53)41-20-12-15-32-16-13-23-47-45(32)41)31-39(48-54-3)37-29-33(14-8-10-24-50)36(19-9-11-25-51)43(44(37)46)38-30-34(21-22-40(38)57-46)55-27-28-58-35-17-6-5-7-18-35/h4-7,12-13,15-18,20-23,29-30,33,36,42-44,50-51H,1,8-11,14,19,24-28,31H2,2-3H3. The first kappa shape index (κ1) is 42.9. The fourth-order valence-electron chi connectivity index (χ4n) is 9.35. The van der Waals surface area contributed by atoms with Gasteiger partial charge in [-0.2, -0.15) is 4.31 Å². The van der Waals surface area contributed by atoms with Gasteiger partial charge in [0.05, 0.1) is 36.4 Å². The fraction of sp³-hybridized carbons (Fsp3) is 0.435. The Hall–Kier alpha value is -4.24. The maximum absolute atomic E-state index is 15.0. The molecule has 1 saturated carbocycles. The van der Waals surface area contributed by atoms with Crippen molar-refractivity contribution < 1.29 is 37.7 Å². The predicted octanol–water partition coefficient (Wildman–Crippen LogP) is 7.99. The molecular weight excluding hydrogens is 787 g/mol. The number of oxime groups is 1. The third-order valence-electron chi connectivity index (χ3n) is 11.9.